The molecular formula is C23H16ClFN6O3. The predicted molar refractivity (Wildman–Crippen MR) is 119 cm³/mol. The minimum Gasteiger partial charge on any atom is -0.485 e. The lowest BCUT2D eigenvalue weighted by molar-refractivity contribution is 0.263. The van der Waals surface area contributed by atoms with Crippen LogP contribution in [-0.4, -0.2) is 29.9 Å². The van der Waals surface area contributed by atoms with Gasteiger partial charge in [0.15, 0.2) is 18.2 Å². The molecule has 0 spiro atoms. The van der Waals surface area contributed by atoms with Crippen LogP contribution >= 0.6 is 11.6 Å². The Bertz CT molecular complexity index is 1410. The molecule has 0 aliphatic heterocycles. The maximum absolute atomic E-state index is 13.0. The topological polar surface area (TPSA) is 101 Å². The summed E-state index contributed by atoms with van der Waals surface area (Å²) in [4.78, 5) is 8.45. The quantitative estimate of drug-likeness (QED) is 0.297. The Hall–Kier alpha value is -4.31. The van der Waals surface area contributed by atoms with E-state index in [-0.39, 0.29) is 30.8 Å². The third-order valence-electron chi connectivity index (χ3n) is 4.59. The number of ether oxygens (including phenoxy) is 2. The number of para-hydroxylation sites is 1. The van der Waals surface area contributed by atoms with Gasteiger partial charge in [0.25, 0.3) is 11.8 Å². The Morgan fingerprint density at radius 2 is 1.76 bits per heavy atom. The normalized spacial score (nSPS) is 10.9. The van der Waals surface area contributed by atoms with Crippen molar-refractivity contribution in [3.8, 4) is 28.8 Å². The van der Waals surface area contributed by atoms with E-state index >= 15 is 0 Å². The molecule has 0 unspecified atom stereocenters. The second-order valence-corrected chi connectivity index (χ2v) is 7.34. The van der Waals surface area contributed by atoms with Crippen LogP contribution < -0.4 is 9.47 Å². The van der Waals surface area contributed by atoms with Crippen LogP contribution in [-0.2, 0) is 13.2 Å². The highest BCUT2D eigenvalue weighted by Crippen LogP contribution is 2.29. The van der Waals surface area contributed by atoms with Gasteiger partial charge in [-0.05, 0) is 48.5 Å². The van der Waals surface area contributed by atoms with Gasteiger partial charge >= 0.3 is 0 Å². The Kier molecular flexibility index (Phi) is 6.13. The average molecular weight is 479 g/mol. The van der Waals surface area contributed by atoms with Gasteiger partial charge in [-0.3, -0.25) is 0 Å². The molecule has 0 aliphatic rings. The van der Waals surface area contributed by atoms with Crippen molar-refractivity contribution in [2.75, 3.05) is 0 Å². The lowest BCUT2D eigenvalue weighted by Crippen LogP contribution is -2.02. The summed E-state index contributed by atoms with van der Waals surface area (Å²) < 4.78 is 31.7. The van der Waals surface area contributed by atoms with Gasteiger partial charge in [-0.25, -0.2) is 19.0 Å². The number of hydrogen-bond acceptors (Lipinski definition) is 8. The van der Waals surface area contributed by atoms with Gasteiger partial charge in [0, 0.05) is 0 Å². The van der Waals surface area contributed by atoms with E-state index in [0.717, 1.165) is 0 Å². The molecular weight excluding hydrogens is 463 g/mol. The number of hydrogen-bond donors (Lipinski definition) is 0. The van der Waals surface area contributed by atoms with Crippen LogP contribution in [0.2, 0.25) is 5.15 Å². The second-order valence-electron chi connectivity index (χ2n) is 6.95. The highest BCUT2D eigenvalue weighted by molar-refractivity contribution is 6.29. The first-order valence-electron chi connectivity index (χ1n) is 10.1. The molecule has 0 N–H and O–H groups in total. The first kappa shape index (κ1) is 21.5. The Morgan fingerprint density at radius 1 is 0.912 bits per heavy atom. The van der Waals surface area contributed by atoms with Crippen molar-refractivity contribution in [2.45, 2.75) is 13.2 Å². The van der Waals surface area contributed by atoms with Crippen LogP contribution in [0.4, 0.5) is 4.39 Å². The predicted octanol–water partition coefficient (Wildman–Crippen LogP) is 4.66. The maximum Gasteiger partial charge on any atom is 0.254 e. The second kappa shape index (κ2) is 9.67. The molecule has 0 bridgehead atoms. The molecule has 5 aromatic rings. The zero-order chi connectivity index (χ0) is 23.3. The largest absolute Gasteiger partial charge is 0.485 e. The molecule has 3 heterocycles. The molecule has 34 heavy (non-hydrogen) atoms. The minimum absolute atomic E-state index is 0.0422. The fourth-order valence-corrected chi connectivity index (χ4v) is 3.17. The first-order valence-corrected chi connectivity index (χ1v) is 10.5. The highest BCUT2D eigenvalue weighted by Gasteiger charge is 2.15. The fourth-order valence-electron chi connectivity index (χ4n) is 3.01. The molecule has 0 saturated heterocycles. The Morgan fingerprint density at radius 3 is 2.62 bits per heavy atom. The first-order chi connectivity index (χ1) is 16.6. The highest BCUT2D eigenvalue weighted by atomic mass is 35.5. The van der Waals surface area contributed by atoms with Crippen molar-refractivity contribution in [3.63, 3.8) is 0 Å². The average Bonchev–Trinajstić information content (AvgIpc) is 3.53. The van der Waals surface area contributed by atoms with Gasteiger partial charge in [0.1, 0.15) is 35.4 Å². The third-order valence-corrected chi connectivity index (χ3v) is 4.80. The summed E-state index contributed by atoms with van der Waals surface area (Å²) in [5.74, 6) is 2.22. The monoisotopic (exact) mass is 478 g/mol. The van der Waals surface area contributed by atoms with E-state index in [1.54, 1.807) is 30.3 Å². The zero-order valence-electron chi connectivity index (χ0n) is 17.5. The molecule has 0 atom stereocenters. The van der Waals surface area contributed by atoms with Gasteiger partial charge in [-0.1, -0.05) is 29.8 Å². The van der Waals surface area contributed by atoms with Crippen molar-refractivity contribution in [3.05, 3.63) is 95.7 Å². The van der Waals surface area contributed by atoms with Crippen molar-refractivity contribution < 1.29 is 18.3 Å². The van der Waals surface area contributed by atoms with Crippen molar-refractivity contribution in [1.82, 2.24) is 29.9 Å². The molecule has 3 aromatic heterocycles. The molecule has 0 fully saturated rings. The number of nitrogens with zero attached hydrogens (tertiary/aromatic N) is 6. The van der Waals surface area contributed by atoms with Crippen LogP contribution in [0.1, 0.15) is 11.7 Å². The van der Waals surface area contributed by atoms with Crippen LogP contribution in [0, 0.1) is 5.82 Å². The summed E-state index contributed by atoms with van der Waals surface area (Å²) in [7, 11) is 0. The number of halogens is 2. The molecule has 0 aliphatic carbocycles. The number of rotatable bonds is 8. The number of pyridine rings is 1. The van der Waals surface area contributed by atoms with E-state index in [2.05, 4.69) is 25.3 Å². The molecule has 0 saturated carbocycles. The summed E-state index contributed by atoms with van der Waals surface area (Å²) in [6.45, 7) is 0.153. The zero-order valence-corrected chi connectivity index (χ0v) is 18.3. The van der Waals surface area contributed by atoms with Crippen LogP contribution in [0.25, 0.3) is 17.3 Å². The molecule has 2 aromatic carbocycles. The fraction of sp³-hybridized carbons (Fsp3) is 0.0870. The maximum atomic E-state index is 13.0. The molecule has 11 heteroatoms. The van der Waals surface area contributed by atoms with E-state index in [1.165, 1.54) is 35.3 Å². The molecule has 5 rings (SSSR count). The van der Waals surface area contributed by atoms with E-state index in [9.17, 15) is 4.39 Å². The van der Waals surface area contributed by atoms with Crippen LogP contribution in [0.15, 0.2) is 77.5 Å². The van der Waals surface area contributed by atoms with E-state index in [1.807, 2.05) is 12.1 Å². The van der Waals surface area contributed by atoms with Gasteiger partial charge < -0.3 is 13.9 Å². The van der Waals surface area contributed by atoms with Gasteiger partial charge in [0.2, 0.25) is 0 Å². The van der Waals surface area contributed by atoms with E-state index in [4.69, 9.17) is 25.5 Å². The SMILES string of the molecule is Fc1ccc(OCc2nnc(-c3ccccc3OCc3ncn(-c4cccc(Cl)n4)n3)o2)cc1. The molecule has 9 nitrogen and oxygen atoms in total. The Labute approximate surface area is 197 Å². The number of aromatic nitrogens is 6. The lowest BCUT2D eigenvalue weighted by atomic mass is 10.2. The van der Waals surface area contributed by atoms with Crippen LogP contribution in [0.3, 0.4) is 0 Å². The van der Waals surface area contributed by atoms with E-state index < -0.39 is 0 Å². The Balaban J connectivity index is 1.26. The van der Waals surface area contributed by atoms with Crippen molar-refractivity contribution >= 4 is 11.6 Å². The minimum atomic E-state index is -0.341. The summed E-state index contributed by atoms with van der Waals surface area (Å²) in [6.07, 6.45) is 1.54. The van der Waals surface area contributed by atoms with Crippen molar-refractivity contribution in [1.29, 1.82) is 0 Å². The standard InChI is InChI=1S/C23H16ClFN6O3/c24-19-6-3-7-21(27-19)31-14-26-20(30-31)12-33-18-5-2-1-4-17(18)23-29-28-22(34-23)13-32-16-10-8-15(25)9-11-16/h1-11,14H,12-13H2. The lowest BCUT2D eigenvalue weighted by Gasteiger charge is -2.07. The smallest absolute Gasteiger partial charge is 0.254 e. The van der Waals surface area contributed by atoms with Gasteiger partial charge in [0.05, 0.1) is 5.56 Å². The third kappa shape index (κ3) is 5.02. The molecule has 0 radical (unpaired) electrons. The summed E-state index contributed by atoms with van der Waals surface area (Å²) in [5.41, 5.74) is 0.610. The number of benzene rings is 2. The summed E-state index contributed by atoms with van der Waals surface area (Å²) >= 11 is 5.94. The van der Waals surface area contributed by atoms with Gasteiger partial charge in [-0.2, -0.15) is 0 Å². The summed E-state index contributed by atoms with van der Waals surface area (Å²) in [5, 5.41) is 12.8. The van der Waals surface area contributed by atoms with E-state index in [0.29, 0.717) is 33.9 Å². The van der Waals surface area contributed by atoms with Crippen LogP contribution in [0.5, 0.6) is 11.5 Å². The molecule has 0 amide bonds. The van der Waals surface area contributed by atoms with Gasteiger partial charge in [-0.15, -0.1) is 15.3 Å². The summed E-state index contributed by atoms with van der Waals surface area (Å²) in [6, 6.07) is 18.1. The van der Waals surface area contributed by atoms with Crippen molar-refractivity contribution in [2.24, 2.45) is 0 Å². The molecule has 170 valence electrons.